The Morgan fingerprint density at radius 1 is 1.29 bits per heavy atom. The topological polar surface area (TPSA) is 60.2 Å². The maximum atomic E-state index is 14.0. The van der Waals surface area contributed by atoms with E-state index in [1.807, 2.05) is 11.8 Å². The molecule has 1 fully saturated rings. The third-order valence-electron chi connectivity index (χ3n) is 5.08. The second kappa shape index (κ2) is 5.58. The lowest BCUT2D eigenvalue weighted by molar-refractivity contribution is 0.0664. The fourth-order valence-corrected chi connectivity index (χ4v) is 3.86. The summed E-state index contributed by atoms with van der Waals surface area (Å²) < 4.78 is 21.0. The van der Waals surface area contributed by atoms with E-state index in [-0.39, 0.29) is 23.7 Å². The number of amides is 1. The number of hydrogen-bond donors (Lipinski definition) is 0. The summed E-state index contributed by atoms with van der Waals surface area (Å²) in [5, 5.41) is 8.38. The molecule has 0 radical (unpaired) electrons. The first-order valence-electron chi connectivity index (χ1n) is 8.13. The van der Waals surface area contributed by atoms with Crippen LogP contribution in [0.4, 0.5) is 4.39 Å². The molecule has 2 aliphatic rings. The standard InChI is InChI=1S/C17H19FN4O2/c1-10-19-20-16-8-12-4-5-13(9-21(10)16)22(12)17(23)11-3-6-15(24-2)14(18)7-11/h3,6-7,12-13H,4-5,8-9H2,1-2H3/t12-,13+/m0/s1. The van der Waals surface area contributed by atoms with E-state index in [1.165, 1.54) is 19.2 Å². The molecule has 2 atom stereocenters. The molecule has 2 aromatic rings. The first-order chi connectivity index (χ1) is 11.6. The molecule has 2 aliphatic heterocycles. The molecular weight excluding hydrogens is 311 g/mol. The smallest absolute Gasteiger partial charge is 0.254 e. The fourth-order valence-electron chi connectivity index (χ4n) is 3.86. The van der Waals surface area contributed by atoms with Crippen molar-refractivity contribution in [2.75, 3.05) is 7.11 Å². The summed E-state index contributed by atoms with van der Waals surface area (Å²) >= 11 is 0. The molecule has 1 amide bonds. The highest BCUT2D eigenvalue weighted by molar-refractivity contribution is 5.95. The predicted octanol–water partition coefficient (Wildman–Crippen LogP) is 1.96. The largest absolute Gasteiger partial charge is 0.494 e. The molecule has 1 aromatic carbocycles. The average Bonchev–Trinajstić information content (AvgIpc) is 3.05. The van der Waals surface area contributed by atoms with E-state index >= 15 is 0 Å². The van der Waals surface area contributed by atoms with Gasteiger partial charge in [0.25, 0.3) is 5.91 Å². The van der Waals surface area contributed by atoms with Gasteiger partial charge in [0, 0.05) is 24.6 Å². The van der Waals surface area contributed by atoms with Gasteiger partial charge in [-0.3, -0.25) is 4.79 Å². The molecular formula is C17H19FN4O2. The van der Waals surface area contributed by atoms with Crippen molar-refractivity contribution < 1.29 is 13.9 Å². The molecule has 0 spiro atoms. The number of aromatic nitrogens is 3. The number of halogens is 1. The Morgan fingerprint density at radius 3 is 2.83 bits per heavy atom. The summed E-state index contributed by atoms with van der Waals surface area (Å²) in [7, 11) is 1.41. The summed E-state index contributed by atoms with van der Waals surface area (Å²) in [5.74, 6) is 1.31. The molecule has 0 aliphatic carbocycles. The number of ether oxygens (including phenoxy) is 1. The van der Waals surface area contributed by atoms with Gasteiger partial charge in [-0.25, -0.2) is 4.39 Å². The number of carbonyl (C=O) groups excluding carboxylic acids is 1. The number of aryl methyl sites for hydroxylation is 1. The predicted molar refractivity (Wildman–Crippen MR) is 84.4 cm³/mol. The van der Waals surface area contributed by atoms with Gasteiger partial charge < -0.3 is 14.2 Å². The van der Waals surface area contributed by atoms with Crippen LogP contribution >= 0.6 is 0 Å². The van der Waals surface area contributed by atoms with E-state index in [0.29, 0.717) is 18.5 Å². The molecule has 1 saturated heterocycles. The molecule has 4 rings (SSSR count). The van der Waals surface area contributed by atoms with Crippen molar-refractivity contribution in [2.45, 2.75) is 44.8 Å². The maximum Gasteiger partial charge on any atom is 0.254 e. The molecule has 2 bridgehead atoms. The third-order valence-corrected chi connectivity index (χ3v) is 5.08. The normalized spacial score (nSPS) is 22.2. The number of methoxy groups -OCH3 is 1. The monoisotopic (exact) mass is 330 g/mol. The van der Waals surface area contributed by atoms with Crippen molar-refractivity contribution in [1.82, 2.24) is 19.7 Å². The number of fused-ring (bicyclic) bond motifs is 3. The Kier molecular flexibility index (Phi) is 3.51. The molecule has 0 saturated carbocycles. The number of carbonyl (C=O) groups is 1. The molecule has 24 heavy (non-hydrogen) atoms. The first-order valence-corrected chi connectivity index (χ1v) is 8.13. The van der Waals surface area contributed by atoms with Crippen molar-refractivity contribution >= 4 is 5.91 Å². The van der Waals surface area contributed by atoms with Crippen molar-refractivity contribution in [3.63, 3.8) is 0 Å². The minimum Gasteiger partial charge on any atom is -0.494 e. The molecule has 3 heterocycles. The SMILES string of the molecule is COc1ccc(C(=O)N2[C@@H]3CC[C@H]2Cc2nnc(C)n2C3)cc1F. The molecule has 7 heteroatoms. The van der Waals surface area contributed by atoms with Crippen molar-refractivity contribution in [2.24, 2.45) is 0 Å². The zero-order valence-electron chi connectivity index (χ0n) is 13.7. The lowest BCUT2D eigenvalue weighted by Crippen LogP contribution is -2.42. The van der Waals surface area contributed by atoms with Gasteiger partial charge in [-0.1, -0.05) is 0 Å². The van der Waals surface area contributed by atoms with Crippen LogP contribution in [0.5, 0.6) is 5.75 Å². The quantitative estimate of drug-likeness (QED) is 0.845. The Balaban J connectivity index is 1.65. The van der Waals surface area contributed by atoms with Crippen LogP contribution in [0.25, 0.3) is 0 Å². The van der Waals surface area contributed by atoms with Crippen molar-refractivity contribution in [1.29, 1.82) is 0 Å². The van der Waals surface area contributed by atoms with Crippen LogP contribution in [0, 0.1) is 12.7 Å². The van der Waals surface area contributed by atoms with E-state index < -0.39 is 5.82 Å². The van der Waals surface area contributed by atoms with Gasteiger partial charge in [0.15, 0.2) is 11.6 Å². The highest BCUT2D eigenvalue weighted by atomic mass is 19.1. The van der Waals surface area contributed by atoms with Crippen molar-refractivity contribution in [3.8, 4) is 5.75 Å². The van der Waals surface area contributed by atoms with E-state index in [9.17, 15) is 9.18 Å². The average molecular weight is 330 g/mol. The summed E-state index contributed by atoms with van der Waals surface area (Å²) in [5.41, 5.74) is 0.361. The molecule has 126 valence electrons. The van der Waals surface area contributed by atoms with Crippen LogP contribution in [-0.2, 0) is 13.0 Å². The second-order valence-electron chi connectivity index (χ2n) is 6.42. The number of benzene rings is 1. The van der Waals surface area contributed by atoms with Crippen LogP contribution in [0.2, 0.25) is 0 Å². The minimum absolute atomic E-state index is 0.0949. The van der Waals surface area contributed by atoms with E-state index in [0.717, 1.165) is 24.5 Å². The molecule has 0 N–H and O–H groups in total. The minimum atomic E-state index is -0.515. The van der Waals surface area contributed by atoms with Gasteiger partial charge in [-0.15, -0.1) is 10.2 Å². The van der Waals surface area contributed by atoms with E-state index in [1.54, 1.807) is 6.07 Å². The van der Waals surface area contributed by atoms with Crippen LogP contribution in [0.3, 0.4) is 0 Å². The number of rotatable bonds is 2. The first kappa shape index (κ1) is 15.1. The third kappa shape index (κ3) is 2.26. The zero-order chi connectivity index (χ0) is 16.8. The molecule has 6 nitrogen and oxygen atoms in total. The Labute approximate surface area is 139 Å². The van der Waals surface area contributed by atoms with Gasteiger partial charge >= 0.3 is 0 Å². The Morgan fingerprint density at radius 2 is 2.08 bits per heavy atom. The summed E-state index contributed by atoms with van der Waals surface area (Å²) in [6, 6.07) is 4.58. The Hall–Kier alpha value is -2.44. The lowest BCUT2D eigenvalue weighted by atomic mass is 10.1. The van der Waals surface area contributed by atoms with Gasteiger partial charge in [0.2, 0.25) is 0 Å². The summed E-state index contributed by atoms with van der Waals surface area (Å²) in [6.07, 6.45) is 2.59. The number of nitrogens with zero attached hydrogens (tertiary/aromatic N) is 4. The number of hydrogen-bond acceptors (Lipinski definition) is 4. The van der Waals surface area contributed by atoms with Crippen LogP contribution in [0.1, 0.15) is 34.8 Å². The van der Waals surface area contributed by atoms with Gasteiger partial charge in [0.1, 0.15) is 11.6 Å². The van der Waals surface area contributed by atoms with Crippen LogP contribution in [0.15, 0.2) is 18.2 Å². The van der Waals surface area contributed by atoms with E-state index in [2.05, 4.69) is 14.8 Å². The molecule has 1 aromatic heterocycles. The zero-order valence-corrected chi connectivity index (χ0v) is 13.7. The highest BCUT2D eigenvalue weighted by Crippen LogP contribution is 2.33. The fraction of sp³-hybridized carbons (Fsp3) is 0.471. The Bertz CT molecular complexity index is 804. The van der Waals surface area contributed by atoms with E-state index in [4.69, 9.17) is 4.74 Å². The van der Waals surface area contributed by atoms with Crippen LogP contribution in [-0.4, -0.2) is 44.8 Å². The van der Waals surface area contributed by atoms with Crippen molar-refractivity contribution in [3.05, 3.63) is 41.2 Å². The van der Waals surface area contributed by atoms with Gasteiger partial charge in [-0.05, 0) is 38.0 Å². The molecule has 0 unspecified atom stereocenters. The summed E-state index contributed by atoms with van der Waals surface area (Å²) in [6.45, 7) is 2.63. The highest BCUT2D eigenvalue weighted by Gasteiger charge is 2.41. The maximum absolute atomic E-state index is 14.0. The lowest BCUT2D eigenvalue weighted by Gasteiger charge is -2.28. The second-order valence-corrected chi connectivity index (χ2v) is 6.42. The summed E-state index contributed by atoms with van der Waals surface area (Å²) in [4.78, 5) is 14.9. The van der Waals surface area contributed by atoms with Gasteiger partial charge in [-0.2, -0.15) is 0 Å². The van der Waals surface area contributed by atoms with Crippen LogP contribution < -0.4 is 4.74 Å². The van der Waals surface area contributed by atoms with Gasteiger partial charge in [0.05, 0.1) is 13.2 Å².